The Kier molecular flexibility index (Phi) is 7.23. The van der Waals surface area contributed by atoms with E-state index in [0.29, 0.717) is 29.7 Å². The lowest BCUT2D eigenvalue weighted by atomic mass is 10.2. The third-order valence-electron chi connectivity index (χ3n) is 5.42. The van der Waals surface area contributed by atoms with Crippen molar-refractivity contribution in [1.29, 1.82) is 0 Å². The minimum atomic E-state index is -3.93. The van der Waals surface area contributed by atoms with Crippen molar-refractivity contribution >= 4 is 20.9 Å². The number of rotatable bonds is 9. The summed E-state index contributed by atoms with van der Waals surface area (Å²) in [6, 6.07) is 11.2. The molecule has 1 unspecified atom stereocenters. The van der Waals surface area contributed by atoms with Crippen molar-refractivity contribution in [3.05, 3.63) is 70.5 Å². The Balaban J connectivity index is 2.13. The summed E-state index contributed by atoms with van der Waals surface area (Å²) in [6.07, 6.45) is 2.48. The number of halogens is 1. The molecule has 1 heterocycles. The van der Waals surface area contributed by atoms with E-state index in [2.05, 4.69) is 4.98 Å². The highest BCUT2D eigenvalue weighted by molar-refractivity contribution is 7.89. The van der Waals surface area contributed by atoms with Gasteiger partial charge in [-0.15, -0.1) is 0 Å². The van der Waals surface area contributed by atoms with Gasteiger partial charge in [0.2, 0.25) is 10.0 Å². The van der Waals surface area contributed by atoms with Crippen LogP contribution in [-0.2, 0) is 16.6 Å². The fourth-order valence-corrected chi connectivity index (χ4v) is 5.35. The molecule has 0 spiro atoms. The van der Waals surface area contributed by atoms with Crippen molar-refractivity contribution in [3.8, 4) is 0 Å². The van der Waals surface area contributed by atoms with E-state index in [1.165, 1.54) is 21.0 Å². The summed E-state index contributed by atoms with van der Waals surface area (Å²) in [5, 5.41) is 0.499. The van der Waals surface area contributed by atoms with Crippen LogP contribution in [0.5, 0.6) is 0 Å². The minimum Gasteiger partial charge on any atom is -0.295 e. The van der Waals surface area contributed by atoms with Gasteiger partial charge in [-0.3, -0.25) is 9.36 Å². The van der Waals surface area contributed by atoms with Gasteiger partial charge in [0.05, 0.1) is 21.8 Å². The SMILES string of the molecule is CCCCCN(C(C)c1nc2ccccc2c(=O)n1CC)S(=O)(=O)c1ccc(F)cc1. The number of hydrogen-bond donors (Lipinski definition) is 0. The maximum atomic E-state index is 13.5. The van der Waals surface area contributed by atoms with Crippen LogP contribution in [0.4, 0.5) is 4.39 Å². The van der Waals surface area contributed by atoms with Crippen LogP contribution < -0.4 is 5.56 Å². The van der Waals surface area contributed by atoms with Gasteiger partial charge in [-0.05, 0) is 56.7 Å². The molecule has 0 aliphatic rings. The normalized spacial score (nSPS) is 13.1. The Bertz CT molecular complexity index is 1210. The zero-order valence-corrected chi connectivity index (χ0v) is 18.9. The first-order valence-corrected chi connectivity index (χ1v) is 12.0. The molecule has 0 saturated carbocycles. The summed E-state index contributed by atoms with van der Waals surface area (Å²) in [6.45, 7) is 6.28. The van der Waals surface area contributed by atoms with Gasteiger partial charge < -0.3 is 0 Å². The molecule has 1 atom stereocenters. The van der Waals surface area contributed by atoms with E-state index in [4.69, 9.17) is 0 Å². The molecule has 3 aromatic rings. The average Bonchev–Trinajstić information content (AvgIpc) is 2.76. The molecule has 6 nitrogen and oxygen atoms in total. The smallest absolute Gasteiger partial charge is 0.261 e. The topological polar surface area (TPSA) is 72.3 Å². The van der Waals surface area contributed by atoms with E-state index in [9.17, 15) is 17.6 Å². The van der Waals surface area contributed by atoms with Crippen LogP contribution in [0.1, 0.15) is 51.9 Å². The molecule has 31 heavy (non-hydrogen) atoms. The summed E-state index contributed by atoms with van der Waals surface area (Å²) in [4.78, 5) is 17.7. The molecule has 8 heteroatoms. The molecule has 0 radical (unpaired) electrons. The highest BCUT2D eigenvalue weighted by Crippen LogP contribution is 2.28. The van der Waals surface area contributed by atoms with Crippen molar-refractivity contribution in [3.63, 3.8) is 0 Å². The van der Waals surface area contributed by atoms with E-state index < -0.39 is 21.9 Å². The van der Waals surface area contributed by atoms with Crippen LogP contribution in [0.15, 0.2) is 58.2 Å². The monoisotopic (exact) mass is 445 g/mol. The molecule has 0 aliphatic heterocycles. The zero-order valence-electron chi connectivity index (χ0n) is 18.1. The van der Waals surface area contributed by atoms with Crippen molar-refractivity contribution < 1.29 is 12.8 Å². The predicted octanol–water partition coefficient (Wildman–Crippen LogP) is 4.50. The maximum Gasteiger partial charge on any atom is 0.261 e. The quantitative estimate of drug-likeness (QED) is 0.455. The molecule has 0 saturated heterocycles. The van der Waals surface area contributed by atoms with Crippen LogP contribution in [0.3, 0.4) is 0 Å². The van der Waals surface area contributed by atoms with Crippen molar-refractivity contribution in [2.75, 3.05) is 6.54 Å². The molecule has 0 bridgehead atoms. The molecule has 1 aromatic heterocycles. The van der Waals surface area contributed by atoms with E-state index in [1.54, 1.807) is 31.2 Å². The second kappa shape index (κ2) is 9.70. The third-order valence-corrected chi connectivity index (χ3v) is 7.40. The Morgan fingerprint density at radius 2 is 1.74 bits per heavy atom. The first kappa shape index (κ1) is 23.1. The fourth-order valence-electron chi connectivity index (χ4n) is 3.72. The number of sulfonamides is 1. The van der Waals surface area contributed by atoms with Crippen molar-refractivity contribution in [2.24, 2.45) is 0 Å². The van der Waals surface area contributed by atoms with Crippen LogP contribution in [-0.4, -0.2) is 28.8 Å². The Labute approximate surface area is 182 Å². The van der Waals surface area contributed by atoms with Gasteiger partial charge in [0.15, 0.2) is 0 Å². The number of nitrogens with zero attached hydrogens (tertiary/aromatic N) is 3. The summed E-state index contributed by atoms with van der Waals surface area (Å²) < 4.78 is 43.3. The number of para-hydroxylation sites is 1. The summed E-state index contributed by atoms with van der Waals surface area (Å²) in [7, 11) is -3.93. The van der Waals surface area contributed by atoms with Crippen LogP contribution in [0.25, 0.3) is 10.9 Å². The summed E-state index contributed by atoms with van der Waals surface area (Å²) in [5.74, 6) is -0.103. The first-order chi connectivity index (χ1) is 14.8. The van der Waals surface area contributed by atoms with E-state index in [1.807, 2.05) is 13.8 Å². The highest BCUT2D eigenvalue weighted by atomic mass is 32.2. The summed E-state index contributed by atoms with van der Waals surface area (Å²) >= 11 is 0. The van der Waals surface area contributed by atoms with E-state index in [-0.39, 0.29) is 17.0 Å². The van der Waals surface area contributed by atoms with Gasteiger partial charge in [0, 0.05) is 13.1 Å². The molecular formula is C23H28FN3O3S. The standard InChI is InChI=1S/C23H28FN3O3S/c1-4-6-9-16-27(31(29,30)19-14-12-18(24)13-15-19)17(3)22-25-21-11-8-7-10-20(21)23(28)26(22)5-2/h7-8,10-15,17H,4-6,9,16H2,1-3H3. The van der Waals surface area contributed by atoms with E-state index in [0.717, 1.165) is 25.0 Å². The minimum absolute atomic E-state index is 0.0171. The Morgan fingerprint density at radius 3 is 2.39 bits per heavy atom. The molecule has 0 amide bonds. The van der Waals surface area contributed by atoms with Gasteiger partial charge in [-0.25, -0.2) is 17.8 Å². The van der Waals surface area contributed by atoms with Gasteiger partial charge in [-0.1, -0.05) is 31.9 Å². The maximum absolute atomic E-state index is 13.5. The fraction of sp³-hybridized carbons (Fsp3) is 0.391. The lowest BCUT2D eigenvalue weighted by molar-refractivity contribution is 0.314. The molecular weight excluding hydrogens is 417 g/mol. The van der Waals surface area contributed by atoms with Crippen LogP contribution >= 0.6 is 0 Å². The van der Waals surface area contributed by atoms with Crippen LogP contribution in [0.2, 0.25) is 0 Å². The largest absolute Gasteiger partial charge is 0.295 e. The molecule has 2 aromatic carbocycles. The number of unbranched alkanes of at least 4 members (excludes halogenated alkanes) is 2. The highest BCUT2D eigenvalue weighted by Gasteiger charge is 2.32. The zero-order chi connectivity index (χ0) is 22.6. The second-order valence-corrected chi connectivity index (χ2v) is 9.38. The molecule has 0 fully saturated rings. The van der Waals surface area contributed by atoms with Crippen LogP contribution in [0, 0.1) is 5.82 Å². The number of benzene rings is 2. The van der Waals surface area contributed by atoms with Gasteiger partial charge >= 0.3 is 0 Å². The lowest BCUT2D eigenvalue weighted by Crippen LogP contribution is -2.38. The average molecular weight is 446 g/mol. The number of fused-ring (bicyclic) bond motifs is 1. The number of aromatic nitrogens is 2. The van der Waals surface area contributed by atoms with Gasteiger partial charge in [-0.2, -0.15) is 4.31 Å². The number of hydrogen-bond acceptors (Lipinski definition) is 4. The molecule has 0 aliphatic carbocycles. The Hall–Kier alpha value is -2.58. The molecule has 3 rings (SSSR count). The first-order valence-electron chi connectivity index (χ1n) is 10.6. The van der Waals surface area contributed by atoms with Crippen molar-refractivity contribution in [1.82, 2.24) is 13.9 Å². The second-order valence-electron chi connectivity index (χ2n) is 7.49. The molecule has 166 valence electrons. The van der Waals surface area contributed by atoms with Crippen molar-refractivity contribution in [2.45, 2.75) is 57.5 Å². The predicted molar refractivity (Wildman–Crippen MR) is 120 cm³/mol. The lowest BCUT2D eigenvalue weighted by Gasteiger charge is -2.29. The third kappa shape index (κ3) is 4.70. The Morgan fingerprint density at radius 1 is 1.06 bits per heavy atom. The summed E-state index contributed by atoms with van der Waals surface area (Å²) in [5.41, 5.74) is 0.342. The van der Waals surface area contributed by atoms with Gasteiger partial charge in [0.1, 0.15) is 11.6 Å². The molecule has 0 N–H and O–H groups in total. The van der Waals surface area contributed by atoms with Gasteiger partial charge in [0.25, 0.3) is 5.56 Å². The van der Waals surface area contributed by atoms with E-state index >= 15 is 0 Å².